The number of nitrogens with one attached hydrogen (secondary N) is 1. The van der Waals surface area contributed by atoms with E-state index < -0.39 is 0 Å². The molecule has 1 N–H and O–H groups in total. The smallest absolute Gasteiger partial charge is 0.223 e. The number of fused-ring (bicyclic) bond motifs is 1. The number of carbonyl (C=O) groups excluding carboxylic acids is 1. The van der Waals surface area contributed by atoms with Gasteiger partial charge in [0.15, 0.2) is 0 Å². The second-order valence-electron chi connectivity index (χ2n) is 8.17. The monoisotopic (exact) mass is 413 g/mol. The number of nitrogens with zero attached hydrogens (tertiary/aromatic N) is 2. The molecule has 0 saturated carbocycles. The van der Waals surface area contributed by atoms with Crippen LogP contribution in [-0.2, 0) is 17.8 Å². The molecule has 2 atom stereocenters. The molecule has 2 aromatic rings. The molecular weight excluding hydrogens is 382 g/mol. The summed E-state index contributed by atoms with van der Waals surface area (Å²) in [6, 6.07) is 15.0. The number of hydrogen-bond donors (Lipinski definition) is 1. The average molecular weight is 414 g/mol. The topological polar surface area (TPSA) is 45.2 Å². The first kappa shape index (κ1) is 21.8. The predicted octanol–water partition coefficient (Wildman–Crippen LogP) is 4.48. The zero-order chi connectivity index (χ0) is 19.2. The standard InChI is InChI=1S/C24H31N3O.ClH/c28-24(17-20-9-5-8-19-7-1-2-12-23(19)20)27(18-21-10-3-4-15-26-21)22-11-6-14-25-16-13-22;/h1-4,7,10,12,15,20,22,25H,5-6,8-9,11,13-14,16-18H2;1H. The summed E-state index contributed by atoms with van der Waals surface area (Å²) in [6.07, 6.45) is 9.12. The molecule has 1 aliphatic carbocycles. The fraction of sp³-hybridized carbons (Fsp3) is 0.500. The number of benzene rings is 1. The second kappa shape index (κ2) is 10.7. The zero-order valence-corrected chi connectivity index (χ0v) is 17.9. The Morgan fingerprint density at radius 1 is 1.03 bits per heavy atom. The van der Waals surface area contributed by atoms with E-state index in [-0.39, 0.29) is 12.4 Å². The van der Waals surface area contributed by atoms with Crippen LogP contribution in [0.1, 0.15) is 61.3 Å². The van der Waals surface area contributed by atoms with Crippen LogP contribution in [0.25, 0.3) is 0 Å². The molecule has 0 bridgehead atoms. The van der Waals surface area contributed by atoms with Crippen molar-refractivity contribution in [1.82, 2.24) is 15.2 Å². The number of amides is 1. The number of aromatic nitrogens is 1. The maximum Gasteiger partial charge on any atom is 0.223 e. The fourth-order valence-electron chi connectivity index (χ4n) is 4.79. The highest BCUT2D eigenvalue weighted by Crippen LogP contribution is 2.34. The van der Waals surface area contributed by atoms with Gasteiger partial charge in [0.1, 0.15) is 0 Å². The molecule has 1 saturated heterocycles. The van der Waals surface area contributed by atoms with Gasteiger partial charge in [-0.1, -0.05) is 30.3 Å². The lowest BCUT2D eigenvalue weighted by Gasteiger charge is -2.33. The van der Waals surface area contributed by atoms with Crippen LogP contribution in [-0.4, -0.2) is 34.9 Å². The molecule has 1 aromatic carbocycles. The molecule has 4 rings (SSSR count). The summed E-state index contributed by atoms with van der Waals surface area (Å²) in [5.41, 5.74) is 3.81. The Morgan fingerprint density at radius 2 is 1.90 bits per heavy atom. The number of halogens is 1. The highest BCUT2D eigenvalue weighted by molar-refractivity contribution is 5.85. The van der Waals surface area contributed by atoms with Crippen molar-refractivity contribution in [2.24, 2.45) is 0 Å². The Morgan fingerprint density at radius 3 is 2.76 bits per heavy atom. The predicted molar refractivity (Wildman–Crippen MR) is 119 cm³/mol. The first-order valence-corrected chi connectivity index (χ1v) is 10.8. The van der Waals surface area contributed by atoms with Gasteiger partial charge in [-0.3, -0.25) is 9.78 Å². The average Bonchev–Trinajstić information content (AvgIpc) is 3.02. The molecule has 29 heavy (non-hydrogen) atoms. The van der Waals surface area contributed by atoms with Gasteiger partial charge in [-0.05, 0) is 80.8 Å². The van der Waals surface area contributed by atoms with E-state index in [2.05, 4.69) is 39.5 Å². The van der Waals surface area contributed by atoms with Gasteiger partial charge in [0, 0.05) is 18.7 Å². The third-order valence-electron chi connectivity index (χ3n) is 6.28. The van der Waals surface area contributed by atoms with E-state index in [1.165, 1.54) is 17.5 Å². The van der Waals surface area contributed by atoms with E-state index in [0.717, 1.165) is 50.9 Å². The molecule has 2 heterocycles. The van der Waals surface area contributed by atoms with Crippen LogP contribution in [0.15, 0.2) is 48.7 Å². The van der Waals surface area contributed by atoms with Crippen molar-refractivity contribution in [3.05, 3.63) is 65.5 Å². The van der Waals surface area contributed by atoms with Gasteiger partial charge in [0.25, 0.3) is 0 Å². The number of rotatable bonds is 5. The molecule has 1 aromatic heterocycles. The van der Waals surface area contributed by atoms with Crippen LogP contribution < -0.4 is 5.32 Å². The van der Waals surface area contributed by atoms with Gasteiger partial charge < -0.3 is 10.2 Å². The minimum absolute atomic E-state index is 0. The molecule has 2 unspecified atom stereocenters. The third kappa shape index (κ3) is 5.58. The van der Waals surface area contributed by atoms with Crippen molar-refractivity contribution in [1.29, 1.82) is 0 Å². The van der Waals surface area contributed by atoms with E-state index in [0.29, 0.717) is 30.8 Å². The summed E-state index contributed by atoms with van der Waals surface area (Å²) < 4.78 is 0. The van der Waals surface area contributed by atoms with Gasteiger partial charge in [0.2, 0.25) is 5.91 Å². The summed E-state index contributed by atoms with van der Waals surface area (Å²) in [4.78, 5) is 20.1. The zero-order valence-electron chi connectivity index (χ0n) is 17.1. The van der Waals surface area contributed by atoms with Crippen molar-refractivity contribution in [2.45, 2.75) is 63.5 Å². The highest BCUT2D eigenvalue weighted by atomic mass is 35.5. The van der Waals surface area contributed by atoms with E-state index in [1.54, 1.807) is 0 Å². The summed E-state index contributed by atoms with van der Waals surface area (Å²) in [5, 5.41) is 3.48. The number of pyridine rings is 1. The lowest BCUT2D eigenvalue weighted by atomic mass is 9.81. The molecule has 156 valence electrons. The van der Waals surface area contributed by atoms with Crippen molar-refractivity contribution >= 4 is 18.3 Å². The molecule has 4 nitrogen and oxygen atoms in total. The molecule has 1 aliphatic heterocycles. The van der Waals surface area contributed by atoms with Crippen molar-refractivity contribution in [3.8, 4) is 0 Å². The van der Waals surface area contributed by atoms with E-state index in [9.17, 15) is 4.79 Å². The van der Waals surface area contributed by atoms with Crippen molar-refractivity contribution < 1.29 is 4.79 Å². The Balaban J connectivity index is 0.00000240. The van der Waals surface area contributed by atoms with E-state index in [4.69, 9.17) is 0 Å². The third-order valence-corrected chi connectivity index (χ3v) is 6.28. The van der Waals surface area contributed by atoms with Crippen LogP contribution in [0.2, 0.25) is 0 Å². The van der Waals surface area contributed by atoms with Crippen molar-refractivity contribution in [2.75, 3.05) is 13.1 Å². The van der Waals surface area contributed by atoms with Crippen LogP contribution in [0.4, 0.5) is 0 Å². The highest BCUT2D eigenvalue weighted by Gasteiger charge is 2.29. The van der Waals surface area contributed by atoms with Gasteiger partial charge in [0.05, 0.1) is 12.2 Å². The Labute approximate surface area is 180 Å². The van der Waals surface area contributed by atoms with Crippen LogP contribution in [0.5, 0.6) is 0 Å². The SMILES string of the molecule is Cl.O=C(CC1CCCc2ccccc21)N(Cc1ccccn1)C1CCCNCC1. The van der Waals surface area contributed by atoms with Gasteiger partial charge in [-0.15, -0.1) is 12.4 Å². The molecule has 2 aliphatic rings. The lowest BCUT2D eigenvalue weighted by molar-refractivity contribution is -0.135. The number of hydrogen-bond acceptors (Lipinski definition) is 3. The maximum atomic E-state index is 13.5. The first-order chi connectivity index (χ1) is 13.8. The molecule has 5 heteroatoms. The maximum absolute atomic E-state index is 13.5. The van der Waals surface area contributed by atoms with Crippen LogP contribution in [0.3, 0.4) is 0 Å². The fourth-order valence-corrected chi connectivity index (χ4v) is 4.79. The van der Waals surface area contributed by atoms with E-state index >= 15 is 0 Å². The molecule has 0 radical (unpaired) electrons. The van der Waals surface area contributed by atoms with Gasteiger partial charge >= 0.3 is 0 Å². The minimum Gasteiger partial charge on any atom is -0.334 e. The Hall–Kier alpha value is -1.91. The number of carbonyl (C=O) groups is 1. The summed E-state index contributed by atoms with van der Waals surface area (Å²) in [5.74, 6) is 0.645. The Bertz CT molecular complexity index is 775. The quantitative estimate of drug-likeness (QED) is 0.785. The summed E-state index contributed by atoms with van der Waals surface area (Å²) >= 11 is 0. The molecule has 1 amide bonds. The number of aryl methyl sites for hydroxylation is 1. The lowest BCUT2D eigenvalue weighted by Crippen LogP contribution is -2.41. The van der Waals surface area contributed by atoms with E-state index in [1.807, 2.05) is 24.4 Å². The molecular formula is C24H32ClN3O. The molecule has 1 fully saturated rings. The largest absolute Gasteiger partial charge is 0.334 e. The summed E-state index contributed by atoms with van der Waals surface area (Å²) in [7, 11) is 0. The van der Waals surface area contributed by atoms with Gasteiger partial charge in [-0.25, -0.2) is 0 Å². The van der Waals surface area contributed by atoms with Crippen LogP contribution >= 0.6 is 12.4 Å². The van der Waals surface area contributed by atoms with Crippen LogP contribution in [0, 0.1) is 0 Å². The minimum atomic E-state index is 0. The van der Waals surface area contributed by atoms with Crippen molar-refractivity contribution in [3.63, 3.8) is 0 Å². The second-order valence-corrected chi connectivity index (χ2v) is 8.17. The molecule has 0 spiro atoms. The Kier molecular flexibility index (Phi) is 8.08. The van der Waals surface area contributed by atoms with Gasteiger partial charge in [-0.2, -0.15) is 0 Å². The first-order valence-electron chi connectivity index (χ1n) is 10.8. The normalized spacial score (nSPS) is 21.4. The summed E-state index contributed by atoms with van der Waals surface area (Å²) in [6.45, 7) is 2.67.